The molecule has 106 valence electrons. The van der Waals surface area contributed by atoms with Gasteiger partial charge < -0.3 is 10.6 Å². The molecule has 0 aliphatic carbocycles. The first-order valence-electron chi connectivity index (χ1n) is 6.45. The van der Waals surface area contributed by atoms with Crippen molar-refractivity contribution in [2.45, 2.75) is 38.1 Å². The molecule has 1 fully saturated rings. The molecular formula is C11H23N3O3S. The third-order valence-corrected chi connectivity index (χ3v) is 4.50. The highest BCUT2D eigenvalue weighted by Gasteiger charge is 2.14. The summed E-state index contributed by atoms with van der Waals surface area (Å²) in [5, 5.41) is 6.00. The quantitative estimate of drug-likeness (QED) is 0.589. The number of sulfonamides is 1. The fraction of sp³-hybridized carbons (Fsp3) is 0.909. The molecule has 0 aromatic heterocycles. The lowest BCUT2D eigenvalue weighted by atomic mass is 10.0. The van der Waals surface area contributed by atoms with Gasteiger partial charge in [0.2, 0.25) is 15.9 Å². The van der Waals surface area contributed by atoms with E-state index in [1.807, 2.05) is 0 Å². The Labute approximate surface area is 109 Å². The second-order valence-corrected chi connectivity index (χ2v) is 6.60. The summed E-state index contributed by atoms with van der Waals surface area (Å²) >= 11 is 0. The van der Waals surface area contributed by atoms with Crippen LogP contribution in [0.15, 0.2) is 0 Å². The molecule has 1 rings (SSSR count). The molecule has 1 aliphatic rings. The van der Waals surface area contributed by atoms with Crippen LogP contribution >= 0.6 is 0 Å². The number of nitrogens with one attached hydrogen (secondary N) is 3. The number of hydrogen-bond acceptors (Lipinski definition) is 4. The van der Waals surface area contributed by atoms with Gasteiger partial charge in [-0.15, -0.1) is 0 Å². The van der Waals surface area contributed by atoms with Gasteiger partial charge in [0.05, 0.1) is 5.75 Å². The lowest BCUT2D eigenvalue weighted by Crippen LogP contribution is -2.36. The highest BCUT2D eigenvalue weighted by molar-refractivity contribution is 7.89. The Kier molecular flexibility index (Phi) is 6.59. The summed E-state index contributed by atoms with van der Waals surface area (Å²) in [4.78, 5) is 11.5. The largest absolute Gasteiger partial charge is 0.355 e. The van der Waals surface area contributed by atoms with Crippen molar-refractivity contribution < 1.29 is 13.2 Å². The van der Waals surface area contributed by atoms with Crippen molar-refractivity contribution in [2.75, 3.05) is 25.9 Å². The van der Waals surface area contributed by atoms with E-state index < -0.39 is 10.0 Å². The molecule has 1 amide bonds. The average Bonchev–Trinajstić information content (AvgIpc) is 2.37. The number of rotatable bonds is 7. The third kappa shape index (κ3) is 6.32. The molecule has 1 aliphatic heterocycles. The number of carbonyl (C=O) groups excluding carboxylic acids is 1. The molecule has 1 saturated heterocycles. The van der Waals surface area contributed by atoms with Crippen LogP contribution in [0.4, 0.5) is 0 Å². The number of hydrogen-bond donors (Lipinski definition) is 3. The van der Waals surface area contributed by atoms with Crippen molar-refractivity contribution in [1.82, 2.24) is 15.4 Å². The summed E-state index contributed by atoms with van der Waals surface area (Å²) in [5.74, 6) is -0.148. The summed E-state index contributed by atoms with van der Waals surface area (Å²) in [6.45, 7) is 1.20. The molecule has 3 N–H and O–H groups in total. The Hall–Kier alpha value is -0.660. The van der Waals surface area contributed by atoms with Gasteiger partial charge in [-0.25, -0.2) is 13.1 Å². The van der Waals surface area contributed by atoms with Crippen molar-refractivity contribution >= 4 is 15.9 Å². The van der Waals surface area contributed by atoms with Gasteiger partial charge in [-0.3, -0.25) is 4.79 Å². The monoisotopic (exact) mass is 277 g/mol. The van der Waals surface area contributed by atoms with Crippen LogP contribution in [0.2, 0.25) is 0 Å². The van der Waals surface area contributed by atoms with Crippen LogP contribution in [0.1, 0.15) is 32.1 Å². The minimum absolute atomic E-state index is 0.0725. The van der Waals surface area contributed by atoms with Crippen LogP contribution in [-0.2, 0) is 14.8 Å². The molecular weight excluding hydrogens is 254 g/mol. The van der Waals surface area contributed by atoms with E-state index in [9.17, 15) is 13.2 Å². The maximum Gasteiger partial charge on any atom is 0.220 e. The second kappa shape index (κ2) is 7.70. The molecule has 7 heteroatoms. The molecule has 0 saturated carbocycles. The fourth-order valence-corrected chi connectivity index (χ4v) is 2.57. The van der Waals surface area contributed by atoms with Crippen LogP contribution in [0.3, 0.4) is 0 Å². The Morgan fingerprint density at radius 1 is 1.39 bits per heavy atom. The zero-order valence-electron chi connectivity index (χ0n) is 10.9. The Morgan fingerprint density at radius 2 is 2.17 bits per heavy atom. The SMILES string of the molecule is CNS(=O)(=O)CCNC(=O)CCC1CCCCN1. The maximum atomic E-state index is 11.5. The van der Waals surface area contributed by atoms with Gasteiger partial charge in [-0.05, 0) is 32.9 Å². The first kappa shape index (κ1) is 15.4. The molecule has 0 aromatic carbocycles. The predicted molar refractivity (Wildman–Crippen MR) is 70.7 cm³/mol. The van der Waals surface area contributed by atoms with E-state index in [1.54, 1.807) is 0 Å². The molecule has 1 unspecified atom stereocenters. The molecule has 1 heterocycles. The van der Waals surface area contributed by atoms with E-state index in [-0.39, 0.29) is 18.2 Å². The average molecular weight is 277 g/mol. The van der Waals surface area contributed by atoms with Gasteiger partial charge in [0.25, 0.3) is 0 Å². The van der Waals surface area contributed by atoms with Crippen LogP contribution in [0.5, 0.6) is 0 Å². The van der Waals surface area contributed by atoms with Crippen molar-refractivity contribution in [3.63, 3.8) is 0 Å². The number of carbonyl (C=O) groups is 1. The lowest BCUT2D eigenvalue weighted by molar-refractivity contribution is -0.121. The zero-order valence-corrected chi connectivity index (χ0v) is 11.7. The third-order valence-electron chi connectivity index (χ3n) is 3.14. The van der Waals surface area contributed by atoms with E-state index in [4.69, 9.17) is 0 Å². The van der Waals surface area contributed by atoms with Gasteiger partial charge in [0.1, 0.15) is 0 Å². The molecule has 18 heavy (non-hydrogen) atoms. The van der Waals surface area contributed by atoms with Crippen molar-refractivity contribution in [1.29, 1.82) is 0 Å². The van der Waals surface area contributed by atoms with Gasteiger partial charge in [-0.1, -0.05) is 6.42 Å². The van der Waals surface area contributed by atoms with Crippen molar-refractivity contribution in [3.8, 4) is 0 Å². The summed E-state index contributed by atoms with van der Waals surface area (Å²) in [6.07, 6.45) is 4.84. The maximum absolute atomic E-state index is 11.5. The Morgan fingerprint density at radius 3 is 2.78 bits per heavy atom. The Balaban J connectivity index is 2.10. The first-order chi connectivity index (χ1) is 8.53. The minimum Gasteiger partial charge on any atom is -0.355 e. The van der Waals surface area contributed by atoms with Crippen LogP contribution in [0.25, 0.3) is 0 Å². The van der Waals surface area contributed by atoms with Gasteiger partial charge in [-0.2, -0.15) is 0 Å². The fourth-order valence-electron chi connectivity index (χ4n) is 1.99. The standard InChI is InChI=1S/C11H23N3O3S/c1-12-18(16,17)9-8-14-11(15)6-5-10-4-2-3-7-13-10/h10,12-13H,2-9H2,1H3,(H,14,15). The Bertz CT molecular complexity index is 351. The molecule has 0 aromatic rings. The normalized spacial score (nSPS) is 20.6. The zero-order chi connectivity index (χ0) is 13.4. The minimum atomic E-state index is -3.23. The molecule has 0 spiro atoms. The van der Waals surface area contributed by atoms with Crippen LogP contribution < -0.4 is 15.4 Å². The van der Waals surface area contributed by atoms with Gasteiger partial charge in [0.15, 0.2) is 0 Å². The smallest absolute Gasteiger partial charge is 0.220 e. The summed E-state index contributed by atoms with van der Waals surface area (Å²) in [6, 6.07) is 0.436. The van der Waals surface area contributed by atoms with Gasteiger partial charge in [0, 0.05) is 19.0 Å². The van der Waals surface area contributed by atoms with E-state index in [1.165, 1.54) is 19.9 Å². The molecule has 0 radical (unpaired) electrons. The number of piperidine rings is 1. The number of amides is 1. The van der Waals surface area contributed by atoms with E-state index >= 15 is 0 Å². The first-order valence-corrected chi connectivity index (χ1v) is 8.10. The van der Waals surface area contributed by atoms with Crippen LogP contribution in [-0.4, -0.2) is 46.3 Å². The van der Waals surface area contributed by atoms with Gasteiger partial charge >= 0.3 is 0 Å². The van der Waals surface area contributed by atoms with E-state index in [0.29, 0.717) is 12.5 Å². The summed E-state index contributed by atoms with van der Waals surface area (Å²) in [5.41, 5.74) is 0. The topological polar surface area (TPSA) is 87.3 Å². The van der Waals surface area contributed by atoms with E-state index in [0.717, 1.165) is 19.4 Å². The molecule has 0 bridgehead atoms. The van der Waals surface area contributed by atoms with Crippen LogP contribution in [0, 0.1) is 0 Å². The van der Waals surface area contributed by atoms with Crippen molar-refractivity contribution in [3.05, 3.63) is 0 Å². The summed E-state index contributed by atoms with van der Waals surface area (Å²) < 4.78 is 24.4. The predicted octanol–water partition coefficient (Wildman–Crippen LogP) is -0.426. The van der Waals surface area contributed by atoms with Crippen molar-refractivity contribution in [2.24, 2.45) is 0 Å². The molecule has 1 atom stereocenters. The highest BCUT2D eigenvalue weighted by atomic mass is 32.2. The summed E-state index contributed by atoms with van der Waals surface area (Å²) in [7, 11) is -1.86. The molecule has 6 nitrogen and oxygen atoms in total. The van der Waals surface area contributed by atoms with E-state index in [2.05, 4.69) is 15.4 Å². The highest BCUT2D eigenvalue weighted by Crippen LogP contribution is 2.11. The second-order valence-electron chi connectivity index (χ2n) is 4.56. The lowest BCUT2D eigenvalue weighted by Gasteiger charge is -2.23.